The summed E-state index contributed by atoms with van der Waals surface area (Å²) in [4.78, 5) is 19.6. The van der Waals surface area contributed by atoms with E-state index in [0.717, 1.165) is 40.9 Å². The number of thiazole rings is 1. The van der Waals surface area contributed by atoms with Crippen LogP contribution in [0.25, 0.3) is 0 Å². The van der Waals surface area contributed by atoms with Gasteiger partial charge in [0, 0.05) is 17.6 Å². The summed E-state index contributed by atoms with van der Waals surface area (Å²) in [6.07, 6.45) is 3.51. The molecule has 1 aromatic heterocycles. The van der Waals surface area contributed by atoms with Gasteiger partial charge in [-0.3, -0.25) is 4.79 Å². The molecule has 0 spiro atoms. The van der Waals surface area contributed by atoms with Crippen molar-refractivity contribution in [3.63, 3.8) is 0 Å². The Hall–Kier alpha value is -2.08. The number of nitrogens with zero attached hydrogens (tertiary/aromatic N) is 2. The summed E-state index contributed by atoms with van der Waals surface area (Å²) in [5.41, 5.74) is 3.07. The first-order chi connectivity index (χ1) is 11.6. The van der Waals surface area contributed by atoms with Crippen LogP contribution in [0.1, 0.15) is 28.9 Å². The van der Waals surface area contributed by atoms with Gasteiger partial charge in [-0.25, -0.2) is 4.98 Å². The Kier molecular flexibility index (Phi) is 3.92. The number of aryl methyl sites for hydroxylation is 1. The molecule has 2 aromatic rings. The van der Waals surface area contributed by atoms with E-state index in [-0.39, 0.29) is 12.5 Å². The van der Waals surface area contributed by atoms with E-state index in [1.54, 1.807) is 11.9 Å². The van der Waals surface area contributed by atoms with E-state index in [4.69, 9.17) is 9.72 Å². The third-order valence-electron chi connectivity index (χ3n) is 4.72. The van der Waals surface area contributed by atoms with Gasteiger partial charge in [-0.2, -0.15) is 0 Å². The Labute approximate surface area is 145 Å². The van der Waals surface area contributed by atoms with Crippen molar-refractivity contribution in [1.82, 2.24) is 4.98 Å². The number of rotatable bonds is 3. The molecule has 0 fully saturated rings. The van der Waals surface area contributed by atoms with Gasteiger partial charge in [-0.1, -0.05) is 6.92 Å². The van der Waals surface area contributed by atoms with Gasteiger partial charge >= 0.3 is 0 Å². The fourth-order valence-corrected chi connectivity index (χ4v) is 4.45. The van der Waals surface area contributed by atoms with Crippen LogP contribution in [0.4, 0.5) is 11.4 Å². The zero-order valence-electron chi connectivity index (χ0n) is 14.0. The van der Waals surface area contributed by atoms with E-state index in [9.17, 15) is 4.79 Å². The number of fused-ring (bicyclic) bond motifs is 2. The van der Waals surface area contributed by atoms with Gasteiger partial charge in [0.05, 0.1) is 17.9 Å². The minimum atomic E-state index is -0.0265. The number of aromatic nitrogens is 1. The molecule has 1 aliphatic heterocycles. The molecule has 1 N–H and O–H groups in total. The van der Waals surface area contributed by atoms with E-state index in [1.165, 1.54) is 17.0 Å². The van der Waals surface area contributed by atoms with Crippen LogP contribution in [0, 0.1) is 5.92 Å². The van der Waals surface area contributed by atoms with Gasteiger partial charge in [0.15, 0.2) is 6.61 Å². The maximum absolute atomic E-state index is 11.8. The summed E-state index contributed by atoms with van der Waals surface area (Å²) in [5.74, 6) is 1.50. The molecule has 1 aliphatic carbocycles. The Bertz CT molecular complexity index is 787. The maximum Gasteiger partial charge on any atom is 0.264 e. The number of carbonyl (C=O) groups is 1. The summed E-state index contributed by atoms with van der Waals surface area (Å²) in [7, 11) is 1.78. The van der Waals surface area contributed by atoms with Crippen LogP contribution in [-0.2, 0) is 24.2 Å². The number of likely N-dealkylation sites (N-methyl/N-ethyl adjacent to an activating group) is 1. The lowest BCUT2D eigenvalue weighted by atomic mass is 9.93. The quantitative estimate of drug-likeness (QED) is 0.930. The third-order valence-corrected chi connectivity index (χ3v) is 5.84. The van der Waals surface area contributed by atoms with E-state index < -0.39 is 0 Å². The summed E-state index contributed by atoms with van der Waals surface area (Å²) in [5, 5.41) is 4.55. The smallest absolute Gasteiger partial charge is 0.264 e. The summed E-state index contributed by atoms with van der Waals surface area (Å²) >= 11 is 1.83. The Morgan fingerprint density at radius 1 is 1.46 bits per heavy atom. The monoisotopic (exact) mass is 343 g/mol. The van der Waals surface area contributed by atoms with Crippen LogP contribution in [0.15, 0.2) is 18.2 Å². The SMILES string of the molecule is CC1CCc2nc(CNc3ccc4c(c3)N(C)C(=O)CO4)sc2C1. The van der Waals surface area contributed by atoms with Gasteiger partial charge in [0.1, 0.15) is 10.8 Å². The van der Waals surface area contributed by atoms with E-state index in [2.05, 4.69) is 12.2 Å². The van der Waals surface area contributed by atoms with Gasteiger partial charge in [0.25, 0.3) is 5.91 Å². The van der Waals surface area contributed by atoms with Gasteiger partial charge in [-0.05, 0) is 43.4 Å². The minimum Gasteiger partial charge on any atom is -0.482 e. The molecule has 0 radical (unpaired) electrons. The number of anilines is 2. The number of nitrogens with one attached hydrogen (secondary N) is 1. The molecule has 24 heavy (non-hydrogen) atoms. The zero-order valence-corrected chi connectivity index (χ0v) is 14.8. The second kappa shape index (κ2) is 6.09. The second-order valence-corrected chi connectivity index (χ2v) is 7.77. The lowest BCUT2D eigenvalue weighted by Crippen LogP contribution is -2.35. The summed E-state index contributed by atoms with van der Waals surface area (Å²) in [6, 6.07) is 5.86. The number of ether oxygens (including phenoxy) is 1. The average Bonchev–Trinajstić information content (AvgIpc) is 2.98. The topological polar surface area (TPSA) is 54.5 Å². The number of hydrogen-bond acceptors (Lipinski definition) is 5. The van der Waals surface area contributed by atoms with Crippen molar-refractivity contribution in [2.75, 3.05) is 23.9 Å². The number of carbonyl (C=O) groups excluding carboxylic acids is 1. The highest BCUT2D eigenvalue weighted by molar-refractivity contribution is 7.11. The number of amides is 1. The first-order valence-corrected chi connectivity index (χ1v) is 9.16. The second-order valence-electron chi connectivity index (χ2n) is 6.60. The third kappa shape index (κ3) is 2.86. The van der Waals surface area contributed by atoms with E-state index in [1.807, 2.05) is 29.5 Å². The molecule has 2 aliphatic rings. The van der Waals surface area contributed by atoms with Crippen molar-refractivity contribution < 1.29 is 9.53 Å². The molecule has 1 aromatic carbocycles. The molecule has 0 saturated carbocycles. The average molecular weight is 343 g/mol. The minimum absolute atomic E-state index is 0.0265. The normalized spacial score (nSPS) is 19.5. The molecule has 4 rings (SSSR count). The number of benzene rings is 1. The lowest BCUT2D eigenvalue weighted by Gasteiger charge is -2.26. The molecule has 1 atom stereocenters. The molecular weight excluding hydrogens is 322 g/mol. The molecule has 126 valence electrons. The standard InChI is InChI=1S/C18H21N3O2S/c1-11-3-5-13-16(7-11)24-17(20-13)9-19-12-4-6-15-14(8-12)21(2)18(22)10-23-15/h4,6,8,11,19H,3,5,7,9-10H2,1-2H3. The molecule has 0 bridgehead atoms. The van der Waals surface area contributed by atoms with Crippen molar-refractivity contribution in [3.05, 3.63) is 33.8 Å². The predicted octanol–water partition coefficient (Wildman–Crippen LogP) is 3.24. The van der Waals surface area contributed by atoms with E-state index in [0.29, 0.717) is 6.54 Å². The van der Waals surface area contributed by atoms with Crippen LogP contribution >= 0.6 is 11.3 Å². The summed E-state index contributed by atoms with van der Waals surface area (Å²) < 4.78 is 5.46. The maximum atomic E-state index is 11.8. The van der Waals surface area contributed by atoms with Crippen LogP contribution in [-0.4, -0.2) is 24.5 Å². The molecule has 2 heterocycles. The Balaban J connectivity index is 1.48. The van der Waals surface area contributed by atoms with Crippen molar-refractivity contribution >= 4 is 28.6 Å². The van der Waals surface area contributed by atoms with Gasteiger partial charge < -0.3 is 15.0 Å². The predicted molar refractivity (Wildman–Crippen MR) is 96.0 cm³/mol. The lowest BCUT2D eigenvalue weighted by molar-refractivity contribution is -0.120. The first-order valence-electron chi connectivity index (χ1n) is 8.35. The van der Waals surface area contributed by atoms with Crippen LogP contribution < -0.4 is 15.0 Å². The van der Waals surface area contributed by atoms with Crippen molar-refractivity contribution in [2.24, 2.45) is 5.92 Å². The highest BCUT2D eigenvalue weighted by Gasteiger charge is 2.23. The number of hydrogen-bond donors (Lipinski definition) is 1. The molecule has 0 saturated heterocycles. The van der Waals surface area contributed by atoms with Crippen molar-refractivity contribution in [3.8, 4) is 5.75 Å². The highest BCUT2D eigenvalue weighted by Crippen LogP contribution is 2.34. The van der Waals surface area contributed by atoms with Gasteiger partial charge in [-0.15, -0.1) is 11.3 Å². The van der Waals surface area contributed by atoms with Crippen molar-refractivity contribution in [2.45, 2.75) is 32.7 Å². The van der Waals surface area contributed by atoms with Crippen LogP contribution in [0.5, 0.6) is 5.75 Å². The fraction of sp³-hybridized carbons (Fsp3) is 0.444. The van der Waals surface area contributed by atoms with Crippen LogP contribution in [0.2, 0.25) is 0 Å². The van der Waals surface area contributed by atoms with E-state index >= 15 is 0 Å². The molecule has 5 nitrogen and oxygen atoms in total. The molecule has 1 amide bonds. The molecule has 6 heteroatoms. The largest absolute Gasteiger partial charge is 0.482 e. The first kappa shape index (κ1) is 15.4. The summed E-state index contributed by atoms with van der Waals surface area (Å²) in [6.45, 7) is 3.14. The van der Waals surface area contributed by atoms with Gasteiger partial charge in [0.2, 0.25) is 0 Å². The Morgan fingerprint density at radius 3 is 3.21 bits per heavy atom. The highest BCUT2D eigenvalue weighted by atomic mass is 32.1. The zero-order chi connectivity index (χ0) is 16.7. The molecule has 1 unspecified atom stereocenters. The molecular formula is C18H21N3O2S. The van der Waals surface area contributed by atoms with Crippen molar-refractivity contribution in [1.29, 1.82) is 0 Å². The fourth-order valence-electron chi connectivity index (χ4n) is 3.23. The van der Waals surface area contributed by atoms with Crippen LogP contribution in [0.3, 0.4) is 0 Å². The Morgan fingerprint density at radius 2 is 2.33 bits per heavy atom.